The molecule has 0 spiro atoms. The highest BCUT2D eigenvalue weighted by molar-refractivity contribution is 7.89. The van der Waals surface area contributed by atoms with Crippen molar-refractivity contribution in [2.45, 2.75) is 17.9 Å². The summed E-state index contributed by atoms with van der Waals surface area (Å²) in [5, 5.41) is 17.3. The third kappa shape index (κ3) is 3.63. The van der Waals surface area contributed by atoms with E-state index in [4.69, 9.17) is 21.8 Å². The second-order valence-corrected chi connectivity index (χ2v) is 5.89. The lowest BCUT2D eigenvalue weighted by Crippen LogP contribution is -2.35. The van der Waals surface area contributed by atoms with Crippen molar-refractivity contribution in [2.75, 3.05) is 6.61 Å². The third-order valence-corrected chi connectivity index (χ3v) is 3.96. The molecule has 0 aromatic heterocycles. The summed E-state index contributed by atoms with van der Waals surface area (Å²) in [6.07, 6.45) is 0. The van der Waals surface area contributed by atoms with Gasteiger partial charge in [0.1, 0.15) is 4.90 Å². The molecule has 3 N–H and O–H groups in total. The molecule has 1 aromatic rings. The fourth-order valence-electron chi connectivity index (χ4n) is 1.28. The SMILES string of the molecule is C[C@H](CO)NS(=O)(=O)c1cc(Cl)cc(C(=O)O)c1F. The zero-order valence-electron chi connectivity index (χ0n) is 9.72. The van der Waals surface area contributed by atoms with Gasteiger partial charge in [-0.3, -0.25) is 0 Å². The van der Waals surface area contributed by atoms with Gasteiger partial charge in [0.15, 0.2) is 5.82 Å². The van der Waals surface area contributed by atoms with Crippen molar-refractivity contribution in [1.82, 2.24) is 4.72 Å². The average Bonchev–Trinajstić information content (AvgIpc) is 2.30. The maximum absolute atomic E-state index is 13.8. The van der Waals surface area contributed by atoms with Gasteiger partial charge in [0.25, 0.3) is 0 Å². The van der Waals surface area contributed by atoms with E-state index in [-0.39, 0.29) is 5.02 Å². The van der Waals surface area contributed by atoms with Crippen molar-refractivity contribution in [1.29, 1.82) is 0 Å². The largest absolute Gasteiger partial charge is 0.478 e. The molecule has 0 aliphatic rings. The zero-order chi connectivity index (χ0) is 14.8. The van der Waals surface area contributed by atoms with Crippen molar-refractivity contribution in [3.63, 3.8) is 0 Å². The van der Waals surface area contributed by atoms with Gasteiger partial charge in [0.2, 0.25) is 10.0 Å². The molecule has 6 nitrogen and oxygen atoms in total. The first-order valence-electron chi connectivity index (χ1n) is 5.04. The summed E-state index contributed by atoms with van der Waals surface area (Å²) in [6, 6.07) is 0.764. The standard InChI is InChI=1S/C10H11ClFNO5S/c1-5(4-14)13-19(17,18)8-3-6(11)2-7(9(8)12)10(15)16/h2-3,5,13-14H,4H2,1H3,(H,15,16)/t5-/m1/s1. The predicted molar refractivity (Wildman–Crippen MR) is 65.2 cm³/mol. The Labute approximate surface area is 113 Å². The van der Waals surface area contributed by atoms with E-state index in [0.717, 1.165) is 12.1 Å². The molecule has 0 aliphatic carbocycles. The van der Waals surface area contributed by atoms with Crippen LogP contribution in [0.3, 0.4) is 0 Å². The summed E-state index contributed by atoms with van der Waals surface area (Å²) < 4.78 is 39.5. The number of carboxylic acids is 1. The van der Waals surface area contributed by atoms with Crippen molar-refractivity contribution in [3.05, 3.63) is 28.5 Å². The van der Waals surface area contributed by atoms with Gasteiger partial charge < -0.3 is 10.2 Å². The summed E-state index contributed by atoms with van der Waals surface area (Å²) in [5.41, 5.74) is -0.843. The maximum atomic E-state index is 13.8. The number of carbonyl (C=O) groups is 1. The van der Waals surface area contributed by atoms with Crippen LogP contribution in [-0.2, 0) is 10.0 Å². The lowest BCUT2D eigenvalue weighted by Gasteiger charge is -2.13. The summed E-state index contributed by atoms with van der Waals surface area (Å²) in [6.45, 7) is 0.866. The van der Waals surface area contributed by atoms with Gasteiger partial charge in [-0.05, 0) is 19.1 Å². The van der Waals surface area contributed by atoms with Crippen LogP contribution in [0.4, 0.5) is 4.39 Å². The minimum absolute atomic E-state index is 0.226. The molecule has 0 aliphatic heterocycles. The smallest absolute Gasteiger partial charge is 0.338 e. The maximum Gasteiger partial charge on any atom is 0.338 e. The first-order valence-corrected chi connectivity index (χ1v) is 6.90. The number of halogens is 2. The van der Waals surface area contributed by atoms with Gasteiger partial charge in [-0.1, -0.05) is 11.6 Å². The van der Waals surface area contributed by atoms with E-state index in [1.165, 1.54) is 6.92 Å². The first kappa shape index (κ1) is 15.8. The fraction of sp³-hybridized carbons (Fsp3) is 0.300. The second kappa shape index (κ2) is 5.83. The van der Waals surface area contributed by atoms with Gasteiger partial charge in [0, 0.05) is 11.1 Å². The Kier molecular flexibility index (Phi) is 4.86. The Morgan fingerprint density at radius 2 is 2.11 bits per heavy atom. The van der Waals surface area contributed by atoms with Crippen LogP contribution in [0.2, 0.25) is 5.02 Å². The number of aromatic carboxylic acids is 1. The summed E-state index contributed by atoms with van der Waals surface area (Å²) in [4.78, 5) is 9.90. The highest BCUT2D eigenvalue weighted by Gasteiger charge is 2.26. The predicted octanol–water partition coefficient (Wildman–Crippen LogP) is 0.836. The number of hydrogen-bond acceptors (Lipinski definition) is 4. The molecule has 1 rings (SSSR count). The van der Waals surface area contributed by atoms with Gasteiger partial charge in [-0.2, -0.15) is 0 Å². The Morgan fingerprint density at radius 3 is 2.58 bits per heavy atom. The molecule has 0 saturated heterocycles. The fourth-order valence-corrected chi connectivity index (χ4v) is 2.92. The molecule has 0 radical (unpaired) electrons. The quantitative estimate of drug-likeness (QED) is 0.747. The molecule has 0 bridgehead atoms. The number of benzene rings is 1. The molecular formula is C10H11ClFNO5S. The van der Waals surface area contributed by atoms with Gasteiger partial charge in [-0.15, -0.1) is 0 Å². The molecule has 0 amide bonds. The topological polar surface area (TPSA) is 104 Å². The summed E-state index contributed by atoms with van der Waals surface area (Å²) in [5.74, 6) is -3.04. The van der Waals surface area contributed by atoms with E-state index >= 15 is 0 Å². The second-order valence-electron chi connectivity index (χ2n) is 3.78. The summed E-state index contributed by atoms with van der Waals surface area (Å²) in [7, 11) is -4.31. The molecule has 0 unspecified atom stereocenters. The van der Waals surface area contributed by atoms with Crippen molar-refractivity contribution in [3.8, 4) is 0 Å². The number of nitrogens with one attached hydrogen (secondary N) is 1. The van der Waals surface area contributed by atoms with Crippen LogP contribution in [0, 0.1) is 5.82 Å². The number of sulfonamides is 1. The Morgan fingerprint density at radius 1 is 1.53 bits per heavy atom. The van der Waals surface area contributed by atoms with Gasteiger partial charge >= 0.3 is 5.97 Å². The van der Waals surface area contributed by atoms with Crippen LogP contribution in [0.1, 0.15) is 17.3 Å². The van der Waals surface area contributed by atoms with E-state index in [0.29, 0.717) is 0 Å². The Balaban J connectivity index is 3.39. The molecular weight excluding hydrogens is 301 g/mol. The van der Waals surface area contributed by atoms with E-state index in [1.54, 1.807) is 0 Å². The van der Waals surface area contributed by atoms with Crippen molar-refractivity contribution < 1.29 is 27.8 Å². The van der Waals surface area contributed by atoms with E-state index in [9.17, 15) is 17.6 Å². The van der Waals surface area contributed by atoms with Crippen LogP contribution in [-0.4, -0.2) is 37.2 Å². The number of aliphatic hydroxyl groups is 1. The molecule has 0 fully saturated rings. The van der Waals surface area contributed by atoms with Gasteiger partial charge in [-0.25, -0.2) is 22.3 Å². The Bertz CT molecular complexity index is 604. The molecule has 19 heavy (non-hydrogen) atoms. The van der Waals surface area contributed by atoms with Crippen LogP contribution >= 0.6 is 11.6 Å². The zero-order valence-corrected chi connectivity index (χ0v) is 11.3. The number of aliphatic hydroxyl groups excluding tert-OH is 1. The lowest BCUT2D eigenvalue weighted by molar-refractivity contribution is 0.0691. The third-order valence-electron chi connectivity index (χ3n) is 2.15. The normalized spacial score (nSPS) is 13.3. The van der Waals surface area contributed by atoms with Crippen LogP contribution in [0.5, 0.6) is 0 Å². The highest BCUT2D eigenvalue weighted by atomic mass is 35.5. The van der Waals surface area contributed by atoms with E-state index < -0.39 is 44.9 Å². The number of carboxylic acid groups (broad SMARTS) is 1. The Hall–Kier alpha value is -1.22. The van der Waals surface area contributed by atoms with Crippen LogP contribution in [0.15, 0.2) is 17.0 Å². The van der Waals surface area contributed by atoms with Crippen molar-refractivity contribution in [2.24, 2.45) is 0 Å². The average molecular weight is 312 g/mol. The highest BCUT2D eigenvalue weighted by Crippen LogP contribution is 2.24. The summed E-state index contributed by atoms with van der Waals surface area (Å²) >= 11 is 5.57. The molecule has 1 atom stereocenters. The van der Waals surface area contributed by atoms with Crippen LogP contribution in [0.25, 0.3) is 0 Å². The lowest BCUT2D eigenvalue weighted by atomic mass is 10.2. The molecule has 9 heteroatoms. The minimum atomic E-state index is -4.31. The number of rotatable bonds is 5. The van der Waals surface area contributed by atoms with Crippen molar-refractivity contribution >= 4 is 27.6 Å². The van der Waals surface area contributed by atoms with Gasteiger partial charge in [0.05, 0.1) is 12.2 Å². The minimum Gasteiger partial charge on any atom is -0.478 e. The van der Waals surface area contributed by atoms with Crippen LogP contribution < -0.4 is 4.72 Å². The van der Waals surface area contributed by atoms with E-state index in [2.05, 4.69) is 0 Å². The first-order chi connectivity index (χ1) is 8.69. The molecule has 0 heterocycles. The monoisotopic (exact) mass is 311 g/mol. The van der Waals surface area contributed by atoms with E-state index in [1.807, 2.05) is 4.72 Å². The molecule has 1 aromatic carbocycles. The molecule has 0 saturated carbocycles. The number of hydrogen-bond donors (Lipinski definition) is 3. The molecule has 106 valence electrons.